The van der Waals surface area contributed by atoms with Crippen molar-refractivity contribution < 1.29 is 4.48 Å². The molecule has 0 unspecified atom stereocenters. The van der Waals surface area contributed by atoms with Gasteiger partial charge in [-0.3, -0.25) is 0 Å². The van der Waals surface area contributed by atoms with Gasteiger partial charge in [0.25, 0.3) is 0 Å². The second-order valence-corrected chi connectivity index (χ2v) is 2.26. The second kappa shape index (κ2) is 7.45. The van der Waals surface area contributed by atoms with Crippen LogP contribution in [0.3, 0.4) is 0 Å². The molecule has 14 heavy (non-hydrogen) atoms. The topological polar surface area (TPSA) is 59.9 Å². The van der Waals surface area contributed by atoms with Crippen molar-refractivity contribution in [1.29, 1.82) is 10.5 Å². The zero-order valence-corrected chi connectivity index (χ0v) is 7.61. The SMILES string of the molecule is C/C(C#N)=N/F.N#Cc1ccccc1. The van der Waals surface area contributed by atoms with Gasteiger partial charge in [0, 0.05) is 0 Å². The molecule has 4 heteroatoms. The highest BCUT2D eigenvalue weighted by Crippen LogP contribution is 1.93. The minimum Gasteiger partial charge on any atom is -0.192 e. The maximum atomic E-state index is 10.8. The highest BCUT2D eigenvalue weighted by Gasteiger charge is 1.79. The maximum Gasteiger partial charge on any atom is 0.147 e. The van der Waals surface area contributed by atoms with E-state index in [0.717, 1.165) is 0 Å². The van der Waals surface area contributed by atoms with Crippen molar-refractivity contribution in [3.05, 3.63) is 35.9 Å². The summed E-state index contributed by atoms with van der Waals surface area (Å²) in [5, 5.41) is 18.1. The van der Waals surface area contributed by atoms with E-state index in [-0.39, 0.29) is 5.71 Å². The molecule has 0 saturated carbocycles. The molecule has 0 saturated heterocycles. The van der Waals surface area contributed by atoms with E-state index in [0.29, 0.717) is 5.56 Å². The molecule has 0 aliphatic heterocycles. The van der Waals surface area contributed by atoms with Gasteiger partial charge < -0.3 is 0 Å². The molecule has 0 aromatic heterocycles. The van der Waals surface area contributed by atoms with Crippen LogP contribution in [0.1, 0.15) is 12.5 Å². The second-order valence-electron chi connectivity index (χ2n) is 2.26. The fourth-order valence-electron chi connectivity index (χ4n) is 0.532. The Bertz CT molecular complexity index is 371. The molecule has 0 atom stereocenters. The van der Waals surface area contributed by atoms with Gasteiger partial charge in [0.05, 0.1) is 11.6 Å². The fraction of sp³-hybridized carbons (Fsp3) is 0.100. The van der Waals surface area contributed by atoms with Gasteiger partial charge >= 0.3 is 0 Å². The number of halogens is 1. The molecule has 1 aromatic rings. The van der Waals surface area contributed by atoms with Crippen LogP contribution < -0.4 is 0 Å². The summed E-state index contributed by atoms with van der Waals surface area (Å²) in [6.45, 7) is 1.29. The highest BCUT2D eigenvalue weighted by molar-refractivity contribution is 5.95. The van der Waals surface area contributed by atoms with E-state index >= 15 is 0 Å². The van der Waals surface area contributed by atoms with Crippen LogP contribution in [0.4, 0.5) is 4.48 Å². The molecule has 0 N–H and O–H groups in total. The Morgan fingerprint density at radius 2 is 1.86 bits per heavy atom. The lowest BCUT2D eigenvalue weighted by atomic mass is 10.2. The summed E-state index contributed by atoms with van der Waals surface area (Å²) in [6, 6.07) is 12.7. The first-order valence-corrected chi connectivity index (χ1v) is 3.75. The molecule has 0 fully saturated rings. The third-order valence-electron chi connectivity index (χ3n) is 1.19. The van der Waals surface area contributed by atoms with Gasteiger partial charge in [-0.15, -0.1) is 0 Å². The van der Waals surface area contributed by atoms with Crippen LogP contribution in [-0.4, -0.2) is 5.71 Å². The number of nitrogens with zero attached hydrogens (tertiary/aromatic N) is 3. The lowest BCUT2D eigenvalue weighted by Gasteiger charge is -1.80. The molecular formula is C10H8FN3. The van der Waals surface area contributed by atoms with Crippen molar-refractivity contribution in [2.24, 2.45) is 5.21 Å². The third-order valence-corrected chi connectivity index (χ3v) is 1.19. The zero-order valence-electron chi connectivity index (χ0n) is 7.61. The average molecular weight is 189 g/mol. The molecule has 0 spiro atoms. The normalized spacial score (nSPS) is 9.00. The molecular weight excluding hydrogens is 181 g/mol. The molecule has 0 bridgehead atoms. The van der Waals surface area contributed by atoms with Crippen LogP contribution in [0.15, 0.2) is 35.5 Å². The van der Waals surface area contributed by atoms with Crippen LogP contribution in [0.2, 0.25) is 0 Å². The van der Waals surface area contributed by atoms with Crippen LogP contribution >= 0.6 is 0 Å². The van der Waals surface area contributed by atoms with E-state index in [1.54, 1.807) is 12.1 Å². The lowest BCUT2D eigenvalue weighted by Crippen LogP contribution is -1.77. The smallest absolute Gasteiger partial charge is 0.147 e. The fourth-order valence-corrected chi connectivity index (χ4v) is 0.532. The Kier molecular flexibility index (Phi) is 6.28. The molecule has 0 radical (unpaired) electrons. The van der Waals surface area contributed by atoms with Gasteiger partial charge in [0.2, 0.25) is 0 Å². The lowest BCUT2D eigenvalue weighted by molar-refractivity contribution is 0.538. The van der Waals surface area contributed by atoms with Gasteiger partial charge in [-0.25, -0.2) is 0 Å². The summed E-state index contributed by atoms with van der Waals surface area (Å²) in [5.41, 5.74) is 0.572. The third kappa shape index (κ3) is 5.45. The number of nitriles is 2. The standard InChI is InChI=1S/C7H5N.C3H3FN2/c8-6-7-4-2-1-3-5-7;1-3(2-5)6-4/h1-5H;1H3/b;6-3-. The molecule has 0 aliphatic carbocycles. The summed E-state index contributed by atoms with van der Waals surface area (Å²) in [6.07, 6.45) is 0. The van der Waals surface area contributed by atoms with Gasteiger partial charge in [-0.2, -0.15) is 10.5 Å². The van der Waals surface area contributed by atoms with E-state index in [2.05, 4.69) is 5.21 Å². The Hall–Kier alpha value is -2.20. The van der Waals surface area contributed by atoms with Crippen molar-refractivity contribution in [2.45, 2.75) is 6.92 Å². The summed E-state index contributed by atoms with van der Waals surface area (Å²) in [4.78, 5) is 0. The first-order chi connectivity index (χ1) is 6.74. The summed E-state index contributed by atoms with van der Waals surface area (Å²) < 4.78 is 10.8. The van der Waals surface area contributed by atoms with Crippen molar-refractivity contribution in [3.8, 4) is 12.1 Å². The zero-order chi connectivity index (χ0) is 10.8. The van der Waals surface area contributed by atoms with Gasteiger partial charge in [-0.1, -0.05) is 27.9 Å². The number of hydrogen-bond donors (Lipinski definition) is 0. The minimum atomic E-state index is -0.144. The van der Waals surface area contributed by atoms with E-state index in [1.807, 2.05) is 24.3 Å². The van der Waals surface area contributed by atoms with Crippen molar-refractivity contribution in [3.63, 3.8) is 0 Å². The molecule has 70 valence electrons. The number of benzene rings is 1. The van der Waals surface area contributed by atoms with Crippen molar-refractivity contribution in [1.82, 2.24) is 0 Å². The molecule has 3 nitrogen and oxygen atoms in total. The molecule has 0 aliphatic rings. The summed E-state index contributed by atoms with van der Waals surface area (Å²) >= 11 is 0. The van der Waals surface area contributed by atoms with E-state index in [9.17, 15) is 4.48 Å². The van der Waals surface area contributed by atoms with E-state index < -0.39 is 0 Å². The largest absolute Gasteiger partial charge is 0.192 e. The van der Waals surface area contributed by atoms with Crippen LogP contribution in [0, 0.1) is 22.7 Å². The van der Waals surface area contributed by atoms with E-state index in [4.69, 9.17) is 10.5 Å². The Morgan fingerprint density at radius 1 is 1.29 bits per heavy atom. The Balaban J connectivity index is 0.000000255. The van der Waals surface area contributed by atoms with Gasteiger partial charge in [0.1, 0.15) is 11.8 Å². The first kappa shape index (κ1) is 11.8. The summed E-state index contributed by atoms with van der Waals surface area (Å²) in [7, 11) is 0. The Morgan fingerprint density at radius 3 is 2.07 bits per heavy atom. The molecule has 0 heterocycles. The van der Waals surface area contributed by atoms with Crippen molar-refractivity contribution >= 4 is 5.71 Å². The highest BCUT2D eigenvalue weighted by atomic mass is 19.2. The van der Waals surface area contributed by atoms with E-state index in [1.165, 1.54) is 13.0 Å². The van der Waals surface area contributed by atoms with Crippen LogP contribution in [-0.2, 0) is 0 Å². The summed E-state index contributed by atoms with van der Waals surface area (Å²) in [5.74, 6) is 0. The van der Waals surface area contributed by atoms with Gasteiger partial charge in [-0.05, 0) is 19.1 Å². The average Bonchev–Trinajstić information content (AvgIpc) is 2.30. The molecule has 1 aromatic carbocycles. The first-order valence-electron chi connectivity index (χ1n) is 3.75. The van der Waals surface area contributed by atoms with Gasteiger partial charge in [0.15, 0.2) is 0 Å². The molecule has 1 rings (SSSR count). The number of rotatable bonds is 0. The quantitative estimate of drug-likeness (QED) is 0.588. The van der Waals surface area contributed by atoms with Crippen molar-refractivity contribution in [2.75, 3.05) is 0 Å². The van der Waals surface area contributed by atoms with Crippen LogP contribution in [0.5, 0.6) is 0 Å². The molecule has 0 amide bonds. The predicted molar refractivity (Wildman–Crippen MR) is 51.0 cm³/mol. The predicted octanol–water partition coefficient (Wildman–Crippen LogP) is 2.41. The van der Waals surface area contributed by atoms with Crippen LogP contribution in [0.25, 0.3) is 0 Å². The maximum absolute atomic E-state index is 10.8. The minimum absolute atomic E-state index is 0.144. The monoisotopic (exact) mass is 189 g/mol. The Labute approximate surface area is 81.7 Å². The number of hydrogen-bond acceptors (Lipinski definition) is 3.